The molecule has 1 N–H and O–H groups in total. The molecule has 0 aliphatic rings. The Bertz CT molecular complexity index is 1360. The van der Waals surface area contributed by atoms with Gasteiger partial charge in [0.25, 0.3) is 0 Å². The number of hydrogen-bond acceptors (Lipinski definition) is 4. The summed E-state index contributed by atoms with van der Waals surface area (Å²) in [5.41, 5.74) is 5.06. The summed E-state index contributed by atoms with van der Waals surface area (Å²) in [6.07, 6.45) is 1.58. The molecule has 2 amide bonds. The normalized spacial score (nSPS) is 12.0. The smallest absolute Gasteiger partial charge is 0.249 e. The largest absolute Gasteiger partial charge is 0.354 e. The van der Waals surface area contributed by atoms with Crippen molar-refractivity contribution in [2.75, 3.05) is 11.4 Å². The fourth-order valence-corrected chi connectivity index (χ4v) is 4.45. The van der Waals surface area contributed by atoms with Crippen LogP contribution < -0.4 is 10.2 Å². The minimum atomic E-state index is -0.831. The summed E-state index contributed by atoms with van der Waals surface area (Å²) >= 11 is 0. The molecule has 1 atom stereocenters. The van der Waals surface area contributed by atoms with E-state index in [9.17, 15) is 9.59 Å². The number of hydrogen-bond donors (Lipinski definition) is 1. The summed E-state index contributed by atoms with van der Waals surface area (Å²) in [5, 5.41) is 11.5. The molecule has 0 unspecified atom stereocenters. The van der Waals surface area contributed by atoms with Crippen molar-refractivity contribution in [1.82, 2.24) is 20.3 Å². The van der Waals surface area contributed by atoms with Gasteiger partial charge in [0.15, 0.2) is 0 Å². The second-order valence-electron chi connectivity index (χ2n) is 9.77. The van der Waals surface area contributed by atoms with Crippen LogP contribution in [-0.4, -0.2) is 33.4 Å². The molecule has 1 aromatic heterocycles. The summed E-state index contributed by atoms with van der Waals surface area (Å²) in [6, 6.07) is 22.3. The molecule has 4 aromatic rings. The first kappa shape index (κ1) is 26.1. The molecular weight excluding hydrogens is 462 g/mol. The number of aryl methyl sites for hydroxylation is 2. The number of carbonyl (C=O) groups is 2. The Morgan fingerprint density at radius 1 is 0.973 bits per heavy atom. The average Bonchev–Trinajstić information content (AvgIpc) is 3.30. The third-order valence-corrected chi connectivity index (χ3v) is 6.53. The minimum absolute atomic E-state index is 0.0415. The van der Waals surface area contributed by atoms with Gasteiger partial charge in [0.2, 0.25) is 11.8 Å². The number of rotatable bonds is 10. The van der Waals surface area contributed by atoms with Gasteiger partial charge in [0.05, 0.1) is 5.52 Å². The van der Waals surface area contributed by atoms with Crippen molar-refractivity contribution in [1.29, 1.82) is 0 Å². The topological polar surface area (TPSA) is 80.1 Å². The van der Waals surface area contributed by atoms with Crippen LogP contribution in [0.5, 0.6) is 0 Å². The lowest BCUT2D eigenvalue weighted by atomic mass is 9.99. The summed E-state index contributed by atoms with van der Waals surface area (Å²) in [7, 11) is 0. The SMILES string of the molecule is CCc1ccccc1N(C(=O)Cn1nnc2ccccc21)[C@@H](C(=O)NCCC(C)C)c1ccc(C)cc1. The van der Waals surface area contributed by atoms with E-state index in [0.29, 0.717) is 12.5 Å². The summed E-state index contributed by atoms with van der Waals surface area (Å²) in [4.78, 5) is 29.6. The van der Waals surface area contributed by atoms with E-state index in [1.165, 1.54) is 0 Å². The number of para-hydroxylation sites is 2. The zero-order valence-corrected chi connectivity index (χ0v) is 22.0. The zero-order valence-electron chi connectivity index (χ0n) is 22.0. The molecular formula is C30H35N5O2. The first-order valence-corrected chi connectivity index (χ1v) is 12.9. The Morgan fingerprint density at radius 2 is 1.68 bits per heavy atom. The van der Waals surface area contributed by atoms with Gasteiger partial charge in [-0.05, 0) is 55.0 Å². The fraction of sp³-hybridized carbons (Fsp3) is 0.333. The molecule has 0 aliphatic carbocycles. The number of anilines is 1. The van der Waals surface area contributed by atoms with Crippen molar-refractivity contribution in [2.24, 2.45) is 5.92 Å². The minimum Gasteiger partial charge on any atom is -0.354 e. The Labute approximate surface area is 218 Å². The molecule has 3 aromatic carbocycles. The van der Waals surface area contributed by atoms with Crippen molar-refractivity contribution in [3.8, 4) is 0 Å². The monoisotopic (exact) mass is 497 g/mol. The van der Waals surface area contributed by atoms with E-state index in [0.717, 1.165) is 46.3 Å². The molecule has 0 saturated heterocycles. The van der Waals surface area contributed by atoms with Crippen LogP contribution in [-0.2, 0) is 22.6 Å². The maximum atomic E-state index is 14.1. The Kier molecular flexibility index (Phi) is 8.33. The van der Waals surface area contributed by atoms with Crippen LogP contribution >= 0.6 is 0 Å². The summed E-state index contributed by atoms with van der Waals surface area (Å²) in [6.45, 7) is 8.81. The van der Waals surface area contributed by atoms with Gasteiger partial charge in [0, 0.05) is 12.2 Å². The molecule has 37 heavy (non-hydrogen) atoms. The van der Waals surface area contributed by atoms with Gasteiger partial charge in [-0.25, -0.2) is 4.68 Å². The van der Waals surface area contributed by atoms with E-state index in [1.807, 2.05) is 79.7 Å². The van der Waals surface area contributed by atoms with E-state index in [-0.39, 0.29) is 18.4 Å². The van der Waals surface area contributed by atoms with Crippen LogP contribution in [0.25, 0.3) is 11.0 Å². The third kappa shape index (κ3) is 6.05. The van der Waals surface area contributed by atoms with E-state index < -0.39 is 6.04 Å². The summed E-state index contributed by atoms with van der Waals surface area (Å²) in [5.74, 6) is 0.0191. The fourth-order valence-electron chi connectivity index (χ4n) is 4.45. The standard InChI is InChI=1S/C30H35N5O2/c1-5-23-10-6-8-12-26(23)35(28(36)20-34-27-13-9-7-11-25(27)32-33-34)29(24-16-14-22(4)15-17-24)30(37)31-19-18-21(2)3/h6-17,21,29H,5,18-20H2,1-4H3,(H,31,37)/t29-/m1/s1. The van der Waals surface area contributed by atoms with Crippen molar-refractivity contribution in [3.05, 3.63) is 89.5 Å². The number of nitrogens with one attached hydrogen (secondary N) is 1. The lowest BCUT2D eigenvalue weighted by Crippen LogP contribution is -2.46. The molecule has 4 rings (SSSR count). The lowest BCUT2D eigenvalue weighted by molar-refractivity contribution is -0.127. The highest BCUT2D eigenvalue weighted by Crippen LogP contribution is 2.32. The van der Waals surface area contributed by atoms with Crippen LogP contribution in [0, 0.1) is 12.8 Å². The van der Waals surface area contributed by atoms with Gasteiger partial charge >= 0.3 is 0 Å². The molecule has 7 heteroatoms. The predicted octanol–water partition coefficient (Wildman–Crippen LogP) is 5.24. The molecule has 0 bridgehead atoms. The second-order valence-corrected chi connectivity index (χ2v) is 9.77. The van der Waals surface area contributed by atoms with Crippen LogP contribution in [0.4, 0.5) is 5.69 Å². The highest BCUT2D eigenvalue weighted by Gasteiger charge is 2.34. The van der Waals surface area contributed by atoms with Crippen molar-refractivity contribution < 1.29 is 9.59 Å². The Hall–Kier alpha value is -4.00. The number of amides is 2. The van der Waals surface area contributed by atoms with E-state index >= 15 is 0 Å². The number of fused-ring (bicyclic) bond motifs is 1. The number of nitrogens with zero attached hydrogens (tertiary/aromatic N) is 4. The van der Waals surface area contributed by atoms with Gasteiger partial charge < -0.3 is 5.32 Å². The molecule has 7 nitrogen and oxygen atoms in total. The number of carbonyl (C=O) groups excluding carboxylic acids is 2. The first-order valence-electron chi connectivity index (χ1n) is 12.9. The van der Waals surface area contributed by atoms with Gasteiger partial charge in [-0.2, -0.15) is 0 Å². The molecule has 0 fully saturated rings. The van der Waals surface area contributed by atoms with Gasteiger partial charge in [-0.15, -0.1) is 5.10 Å². The molecule has 192 valence electrons. The number of benzene rings is 3. The molecule has 0 aliphatic heterocycles. The van der Waals surface area contributed by atoms with Crippen molar-refractivity contribution in [2.45, 2.75) is 53.1 Å². The van der Waals surface area contributed by atoms with Gasteiger partial charge in [-0.1, -0.05) is 86.1 Å². The second kappa shape index (κ2) is 11.8. The maximum Gasteiger partial charge on any atom is 0.249 e. The van der Waals surface area contributed by atoms with Gasteiger partial charge in [-0.3, -0.25) is 14.5 Å². The van der Waals surface area contributed by atoms with Crippen LogP contribution in [0.1, 0.15) is 49.9 Å². The van der Waals surface area contributed by atoms with Gasteiger partial charge in [0.1, 0.15) is 18.1 Å². The zero-order chi connectivity index (χ0) is 26.4. The quantitative estimate of drug-likeness (QED) is 0.325. The highest BCUT2D eigenvalue weighted by atomic mass is 16.2. The third-order valence-electron chi connectivity index (χ3n) is 6.53. The van der Waals surface area contributed by atoms with Crippen LogP contribution in [0.2, 0.25) is 0 Å². The van der Waals surface area contributed by atoms with Crippen LogP contribution in [0.3, 0.4) is 0 Å². The Morgan fingerprint density at radius 3 is 2.41 bits per heavy atom. The first-order chi connectivity index (χ1) is 17.9. The molecule has 0 radical (unpaired) electrons. The Balaban J connectivity index is 1.79. The molecule has 0 saturated carbocycles. The van der Waals surface area contributed by atoms with Crippen LogP contribution in [0.15, 0.2) is 72.8 Å². The van der Waals surface area contributed by atoms with Crippen molar-refractivity contribution >= 4 is 28.5 Å². The van der Waals surface area contributed by atoms with E-state index in [2.05, 4.69) is 36.4 Å². The summed E-state index contributed by atoms with van der Waals surface area (Å²) < 4.78 is 1.60. The maximum absolute atomic E-state index is 14.1. The lowest BCUT2D eigenvalue weighted by Gasteiger charge is -2.33. The molecule has 1 heterocycles. The molecule has 0 spiro atoms. The van der Waals surface area contributed by atoms with Crippen molar-refractivity contribution in [3.63, 3.8) is 0 Å². The average molecular weight is 498 g/mol. The van der Waals surface area contributed by atoms with E-state index in [1.54, 1.807) is 9.58 Å². The predicted molar refractivity (Wildman–Crippen MR) is 147 cm³/mol. The number of aromatic nitrogens is 3. The van der Waals surface area contributed by atoms with E-state index in [4.69, 9.17) is 0 Å². The highest BCUT2D eigenvalue weighted by molar-refractivity contribution is 6.02.